The number of furan rings is 1. The summed E-state index contributed by atoms with van der Waals surface area (Å²) in [4.78, 5) is 4.56. The van der Waals surface area contributed by atoms with Crippen molar-refractivity contribution in [2.45, 2.75) is 18.8 Å². The first-order chi connectivity index (χ1) is 9.15. The van der Waals surface area contributed by atoms with Crippen molar-refractivity contribution < 1.29 is 4.42 Å². The van der Waals surface area contributed by atoms with Crippen LogP contribution in [0.2, 0.25) is 5.02 Å². The van der Waals surface area contributed by atoms with Gasteiger partial charge in [0.1, 0.15) is 11.6 Å². The second-order valence-corrected chi connectivity index (χ2v) is 5.48. The molecule has 2 heterocycles. The van der Waals surface area contributed by atoms with Crippen LogP contribution in [0.1, 0.15) is 23.9 Å². The maximum Gasteiger partial charge on any atom is 0.128 e. The molecule has 3 nitrogen and oxygen atoms in total. The van der Waals surface area contributed by atoms with Crippen molar-refractivity contribution in [2.75, 3.05) is 0 Å². The molecular weight excluding hydrogens is 283 g/mol. The van der Waals surface area contributed by atoms with Gasteiger partial charge in [-0.05, 0) is 37.3 Å². The van der Waals surface area contributed by atoms with Crippen LogP contribution >= 0.6 is 23.2 Å². The summed E-state index contributed by atoms with van der Waals surface area (Å²) in [5, 5.41) is 0.503. The minimum absolute atomic E-state index is 0.180. The number of hydrogen-bond acceptors (Lipinski definition) is 2. The highest BCUT2D eigenvalue weighted by molar-refractivity contribution is 6.31. The zero-order valence-electron chi connectivity index (χ0n) is 10.3. The molecular formula is C14H12Cl2N2O. The largest absolute Gasteiger partial charge is 0.467 e. The monoisotopic (exact) mass is 294 g/mol. The van der Waals surface area contributed by atoms with Crippen LogP contribution in [0.25, 0.3) is 11.0 Å². The fraction of sp³-hybridized carbons (Fsp3) is 0.214. The Hall–Kier alpha value is -1.45. The summed E-state index contributed by atoms with van der Waals surface area (Å²) in [7, 11) is 0. The van der Waals surface area contributed by atoms with Gasteiger partial charge < -0.3 is 8.98 Å². The van der Waals surface area contributed by atoms with Gasteiger partial charge in [-0.1, -0.05) is 11.6 Å². The lowest BCUT2D eigenvalue weighted by Crippen LogP contribution is -2.05. The molecule has 5 heteroatoms. The zero-order valence-corrected chi connectivity index (χ0v) is 11.8. The molecule has 0 amide bonds. The van der Waals surface area contributed by atoms with Crippen LogP contribution in [0.5, 0.6) is 0 Å². The molecule has 1 atom stereocenters. The van der Waals surface area contributed by atoms with Crippen molar-refractivity contribution in [3.8, 4) is 0 Å². The summed E-state index contributed by atoms with van der Waals surface area (Å²) in [6.45, 7) is 2.50. The van der Waals surface area contributed by atoms with Crippen LogP contribution in [0, 0.1) is 0 Å². The van der Waals surface area contributed by atoms with Crippen molar-refractivity contribution in [3.63, 3.8) is 0 Å². The first kappa shape index (κ1) is 12.6. The van der Waals surface area contributed by atoms with Gasteiger partial charge in [0, 0.05) is 5.02 Å². The Morgan fingerprint density at radius 2 is 2.21 bits per heavy atom. The molecule has 3 rings (SSSR count). The van der Waals surface area contributed by atoms with Gasteiger partial charge in [-0.3, -0.25) is 0 Å². The number of rotatable bonds is 3. The van der Waals surface area contributed by atoms with E-state index in [-0.39, 0.29) is 5.38 Å². The van der Waals surface area contributed by atoms with Crippen LogP contribution in [0.3, 0.4) is 0 Å². The molecule has 0 bridgehead atoms. The molecule has 0 fully saturated rings. The van der Waals surface area contributed by atoms with E-state index in [4.69, 9.17) is 27.6 Å². The Balaban J connectivity index is 2.18. The van der Waals surface area contributed by atoms with Gasteiger partial charge in [0.15, 0.2) is 0 Å². The first-order valence-corrected chi connectivity index (χ1v) is 6.79. The van der Waals surface area contributed by atoms with Crippen LogP contribution in [0.4, 0.5) is 0 Å². The van der Waals surface area contributed by atoms with Gasteiger partial charge in [0.05, 0.1) is 29.2 Å². The fourth-order valence-electron chi connectivity index (χ4n) is 2.14. The van der Waals surface area contributed by atoms with E-state index < -0.39 is 0 Å². The van der Waals surface area contributed by atoms with Crippen molar-refractivity contribution in [3.05, 3.63) is 53.2 Å². The molecule has 1 unspecified atom stereocenters. The summed E-state index contributed by atoms with van der Waals surface area (Å²) in [6.07, 6.45) is 1.66. The molecule has 1 aromatic carbocycles. The summed E-state index contributed by atoms with van der Waals surface area (Å²) in [5.74, 6) is 1.67. The predicted octanol–water partition coefficient (Wildman–Crippen LogP) is 4.63. The molecule has 0 spiro atoms. The van der Waals surface area contributed by atoms with Crippen molar-refractivity contribution in [2.24, 2.45) is 0 Å². The summed E-state index contributed by atoms with van der Waals surface area (Å²) in [5.41, 5.74) is 1.85. The number of nitrogens with zero attached hydrogens (tertiary/aromatic N) is 2. The quantitative estimate of drug-likeness (QED) is 0.659. The highest BCUT2D eigenvalue weighted by Crippen LogP contribution is 2.27. The zero-order chi connectivity index (χ0) is 13.4. The lowest BCUT2D eigenvalue weighted by Gasteiger charge is -2.08. The van der Waals surface area contributed by atoms with Gasteiger partial charge in [-0.25, -0.2) is 4.98 Å². The minimum Gasteiger partial charge on any atom is -0.467 e. The van der Waals surface area contributed by atoms with E-state index in [1.165, 1.54) is 0 Å². The van der Waals surface area contributed by atoms with Gasteiger partial charge in [0.25, 0.3) is 0 Å². The molecule has 0 saturated carbocycles. The fourth-order valence-corrected chi connectivity index (χ4v) is 2.48. The first-order valence-electron chi connectivity index (χ1n) is 5.97. The third kappa shape index (κ3) is 2.36. The molecule has 0 N–H and O–H groups in total. The predicted molar refractivity (Wildman–Crippen MR) is 76.8 cm³/mol. The third-order valence-corrected chi connectivity index (χ3v) is 3.42. The molecule has 98 valence electrons. The number of halogens is 2. The number of fused-ring (bicyclic) bond motifs is 1. The van der Waals surface area contributed by atoms with E-state index in [1.54, 1.807) is 6.26 Å². The standard InChI is InChI=1S/C14H12Cl2N2O/c1-9(15)14-17-12-5-4-10(16)7-13(12)18(14)8-11-3-2-6-19-11/h2-7,9H,8H2,1H3. The summed E-state index contributed by atoms with van der Waals surface area (Å²) < 4.78 is 7.44. The SMILES string of the molecule is CC(Cl)c1nc2ccc(Cl)cc2n1Cc1ccco1. The maximum absolute atomic E-state index is 6.21. The molecule has 0 aliphatic rings. The second-order valence-electron chi connectivity index (χ2n) is 4.38. The van der Waals surface area contributed by atoms with Crippen molar-refractivity contribution in [1.29, 1.82) is 0 Å². The summed E-state index contributed by atoms with van der Waals surface area (Å²) >= 11 is 12.3. The lowest BCUT2D eigenvalue weighted by atomic mass is 10.3. The topological polar surface area (TPSA) is 31.0 Å². The molecule has 3 aromatic rings. The molecule has 2 aromatic heterocycles. The van der Waals surface area contributed by atoms with E-state index >= 15 is 0 Å². The molecule has 19 heavy (non-hydrogen) atoms. The van der Waals surface area contributed by atoms with E-state index in [9.17, 15) is 0 Å². The third-order valence-electron chi connectivity index (χ3n) is 2.99. The number of benzene rings is 1. The highest BCUT2D eigenvalue weighted by Gasteiger charge is 2.16. The van der Waals surface area contributed by atoms with Crippen molar-refractivity contribution >= 4 is 34.2 Å². The Bertz CT molecular complexity index is 702. The smallest absolute Gasteiger partial charge is 0.128 e. The van der Waals surface area contributed by atoms with E-state index in [2.05, 4.69) is 4.98 Å². The Kier molecular flexibility index (Phi) is 3.25. The number of alkyl halides is 1. The lowest BCUT2D eigenvalue weighted by molar-refractivity contribution is 0.492. The summed E-state index contributed by atoms with van der Waals surface area (Å²) in [6, 6.07) is 9.43. The highest BCUT2D eigenvalue weighted by atomic mass is 35.5. The van der Waals surface area contributed by atoms with Gasteiger partial charge >= 0.3 is 0 Å². The minimum atomic E-state index is -0.180. The van der Waals surface area contributed by atoms with Gasteiger partial charge in [0.2, 0.25) is 0 Å². The van der Waals surface area contributed by atoms with Crippen molar-refractivity contribution in [1.82, 2.24) is 9.55 Å². The maximum atomic E-state index is 6.21. The molecule has 0 aliphatic carbocycles. The van der Waals surface area contributed by atoms with E-state index in [0.29, 0.717) is 11.6 Å². The van der Waals surface area contributed by atoms with Crippen LogP contribution in [-0.2, 0) is 6.54 Å². The Labute approximate surface area is 120 Å². The Morgan fingerprint density at radius 3 is 2.89 bits per heavy atom. The molecule has 0 radical (unpaired) electrons. The molecule has 0 aliphatic heterocycles. The molecule has 0 saturated heterocycles. The number of aromatic nitrogens is 2. The average Bonchev–Trinajstić information content (AvgIpc) is 2.98. The van der Waals surface area contributed by atoms with Gasteiger partial charge in [-0.2, -0.15) is 0 Å². The van der Waals surface area contributed by atoms with Crippen LogP contribution in [0.15, 0.2) is 41.0 Å². The van der Waals surface area contributed by atoms with Gasteiger partial charge in [-0.15, -0.1) is 11.6 Å². The number of hydrogen-bond donors (Lipinski definition) is 0. The average molecular weight is 295 g/mol. The normalized spacial score (nSPS) is 13.0. The number of imidazole rings is 1. The Morgan fingerprint density at radius 1 is 1.37 bits per heavy atom. The van der Waals surface area contributed by atoms with E-state index in [0.717, 1.165) is 22.6 Å². The van der Waals surface area contributed by atoms with E-state index in [1.807, 2.05) is 41.8 Å². The second kappa shape index (κ2) is 4.91. The van der Waals surface area contributed by atoms with Crippen LogP contribution < -0.4 is 0 Å². The van der Waals surface area contributed by atoms with Crippen LogP contribution in [-0.4, -0.2) is 9.55 Å².